The van der Waals surface area contributed by atoms with E-state index in [9.17, 15) is 58.5 Å². The number of ketones is 1. The molecule has 2 saturated heterocycles. The minimum Gasteiger partial charge on any atom is -0.508 e. The molecule has 31 nitrogen and oxygen atoms in total. The van der Waals surface area contributed by atoms with Crippen LogP contribution in [0.3, 0.4) is 0 Å². The van der Waals surface area contributed by atoms with E-state index in [-0.39, 0.29) is 114 Å². The fourth-order valence-electron chi connectivity index (χ4n) is 14.0. The van der Waals surface area contributed by atoms with Crippen LogP contribution in [0.4, 0.5) is 0 Å². The highest BCUT2D eigenvalue weighted by Crippen LogP contribution is 2.24. The Kier molecular flexibility index (Phi) is 41.4. The number of Topliss-reactive ketones (excluding diaryl/α,β-unsaturated/α-hetero) is 1. The molecule has 10 atom stereocenters. The number of carbonyl (C=O) groups excluding carboxylic acids is 12. The van der Waals surface area contributed by atoms with E-state index in [1.807, 2.05) is 31.2 Å². The third-order valence-electron chi connectivity index (χ3n) is 20.5. The number of nitrogens with one attached hydrogen (secondary N) is 13. The van der Waals surface area contributed by atoms with E-state index in [0.717, 1.165) is 35.1 Å². The zero-order valence-corrected chi connectivity index (χ0v) is 65.9. The predicted octanol–water partition coefficient (Wildman–Crippen LogP) is 3.56. The van der Waals surface area contributed by atoms with E-state index < -0.39 is 133 Å². The van der Waals surface area contributed by atoms with Gasteiger partial charge in [0.15, 0.2) is 5.96 Å². The van der Waals surface area contributed by atoms with Crippen molar-refractivity contribution in [3.8, 4) is 5.75 Å². The number of nitrogens with zero attached hydrogens (tertiary/aromatic N) is 1. The molecule has 3 aromatic carbocycles. The van der Waals surface area contributed by atoms with Gasteiger partial charge in [-0.25, -0.2) is 0 Å². The molecule has 2 aliphatic heterocycles. The van der Waals surface area contributed by atoms with E-state index in [1.54, 1.807) is 36.5 Å². The lowest BCUT2D eigenvalue weighted by atomic mass is 10.0. The predicted molar refractivity (Wildman–Crippen MR) is 429 cm³/mol. The molecule has 0 bridgehead atoms. The number of primary amides is 1. The molecule has 0 spiro atoms. The standard InChI is InChI=1S/C82H124N16O15/c1-3-5-7-8-9-10-11-12-13-14-15-16-20-35-71(103)87-46-42-72(104)90-66(48-55-36-38-58(101)39-37-55)76(108)97-69(53-99)79(111)93-63(31-6-4-2)74(106)94-65-41-40-57(100)29-25-44-86-43-24-23-33-62(73(83)105)91-78(110)68(49-56-51-89-61-32-22-21-30-60(56)61)95-75(107)64(34-26-45-88-82(84)85)92-77(109)67(47-54-27-18-17-19-28-54)96-80(112)70-50-59(102)52-98(70)81(65)113/h17-19,21-22,27-28,30,32,36-39,51,59,62-70,86,89,99,101-102H,3-16,20,23-26,29,31,33-35,40-50,52-53H2,1-2H3,(H2,83,105)(H,87,103)(H,90,104)(H,91,110)(H,92,109)(H,93,111)(H,94,106)(H,95,107)(H,96,112)(H,97,108)(H4,84,85,88)/t59-,62+,63+,64+,65+,66+,67-,68+,69+,70+/m1/s1. The lowest BCUT2D eigenvalue weighted by Gasteiger charge is -2.31. The lowest BCUT2D eigenvalue weighted by Crippen LogP contribution is -2.61. The Labute approximate surface area is 663 Å². The number of hydrogen-bond acceptors (Lipinski definition) is 17. The molecular weight excluding hydrogens is 1450 g/mol. The van der Waals surface area contributed by atoms with Gasteiger partial charge in [-0.15, -0.1) is 0 Å². The second-order valence-corrected chi connectivity index (χ2v) is 29.8. The molecule has 622 valence electrons. The van der Waals surface area contributed by atoms with Gasteiger partial charge in [0.05, 0.1) is 12.7 Å². The Morgan fingerprint density at radius 1 is 0.584 bits per heavy atom. The number of unbranched alkanes of at least 4 members (excludes halogenated alkanes) is 13. The van der Waals surface area contributed by atoms with Crippen molar-refractivity contribution in [2.24, 2.45) is 11.5 Å². The van der Waals surface area contributed by atoms with E-state index in [2.05, 4.69) is 70.4 Å². The van der Waals surface area contributed by atoms with Crippen LogP contribution >= 0.6 is 0 Å². The molecule has 31 heteroatoms. The molecule has 11 amide bonds. The highest BCUT2D eigenvalue weighted by Gasteiger charge is 2.44. The van der Waals surface area contributed by atoms with Crippen LogP contribution in [-0.4, -0.2) is 202 Å². The number of fused-ring (bicyclic) bond motifs is 2. The van der Waals surface area contributed by atoms with Crippen molar-refractivity contribution in [1.82, 2.24) is 68.4 Å². The Bertz CT molecular complexity index is 3690. The van der Waals surface area contributed by atoms with Crippen molar-refractivity contribution in [1.29, 1.82) is 5.41 Å². The maximum Gasteiger partial charge on any atom is 0.245 e. The van der Waals surface area contributed by atoms with Gasteiger partial charge in [0.2, 0.25) is 65.0 Å². The van der Waals surface area contributed by atoms with Crippen LogP contribution in [0.5, 0.6) is 5.75 Å². The first kappa shape index (κ1) is 91.9. The second-order valence-electron chi connectivity index (χ2n) is 29.8. The Hall–Kier alpha value is -10.0. The number of hydrogen-bond donors (Lipinski definition) is 18. The maximum absolute atomic E-state index is 15.3. The normalized spacial score (nSPS) is 20.2. The number of para-hydroxylation sites is 1. The molecule has 2 aliphatic rings. The van der Waals surface area contributed by atoms with Crippen molar-refractivity contribution in [3.05, 3.63) is 102 Å². The van der Waals surface area contributed by atoms with Crippen molar-refractivity contribution in [3.63, 3.8) is 0 Å². The molecule has 3 heterocycles. The number of aromatic nitrogens is 1. The van der Waals surface area contributed by atoms with Crippen LogP contribution < -0.4 is 70.0 Å². The van der Waals surface area contributed by atoms with Crippen molar-refractivity contribution in [2.75, 3.05) is 39.3 Å². The zero-order valence-electron chi connectivity index (χ0n) is 65.9. The van der Waals surface area contributed by atoms with Crippen molar-refractivity contribution >= 4 is 87.6 Å². The molecule has 6 rings (SSSR count). The summed E-state index contributed by atoms with van der Waals surface area (Å²) in [4.78, 5) is 175. The molecule has 4 aromatic rings. The van der Waals surface area contributed by atoms with E-state index in [4.69, 9.17) is 16.9 Å². The maximum atomic E-state index is 15.3. The number of aliphatic hydroxyl groups is 2. The number of H-pyrrole nitrogens is 1. The number of aromatic hydroxyl groups is 1. The van der Waals surface area contributed by atoms with Gasteiger partial charge >= 0.3 is 0 Å². The number of rotatable bonds is 39. The molecular formula is C82H124N16O15. The monoisotopic (exact) mass is 1570 g/mol. The average Bonchev–Trinajstić information content (AvgIpc) is 1.68. The van der Waals surface area contributed by atoms with Gasteiger partial charge in [-0.2, -0.15) is 0 Å². The van der Waals surface area contributed by atoms with E-state index in [0.29, 0.717) is 74.7 Å². The lowest BCUT2D eigenvalue weighted by molar-refractivity contribution is -0.143. The quantitative estimate of drug-likeness (QED) is 0.0172. The Morgan fingerprint density at radius 3 is 1.88 bits per heavy atom. The van der Waals surface area contributed by atoms with Crippen LogP contribution in [0.25, 0.3) is 10.9 Å². The molecule has 0 unspecified atom stereocenters. The van der Waals surface area contributed by atoms with Gasteiger partial charge in [0.25, 0.3) is 0 Å². The molecule has 113 heavy (non-hydrogen) atoms. The number of phenols is 1. The summed E-state index contributed by atoms with van der Waals surface area (Å²) in [7, 11) is 0. The van der Waals surface area contributed by atoms with Crippen LogP contribution in [0.1, 0.15) is 210 Å². The third kappa shape index (κ3) is 33.7. The first-order chi connectivity index (χ1) is 54.5. The highest BCUT2D eigenvalue weighted by atomic mass is 16.3. The summed E-state index contributed by atoms with van der Waals surface area (Å²) >= 11 is 0. The van der Waals surface area contributed by atoms with Crippen LogP contribution in [0.2, 0.25) is 0 Å². The number of guanidine groups is 1. The van der Waals surface area contributed by atoms with Gasteiger partial charge < -0.3 is 95.2 Å². The number of phenolic OH excluding ortho intramolecular Hbond substituents is 1. The van der Waals surface area contributed by atoms with Gasteiger partial charge in [0.1, 0.15) is 65.9 Å². The minimum atomic E-state index is -1.72. The smallest absolute Gasteiger partial charge is 0.245 e. The van der Waals surface area contributed by atoms with E-state index in [1.165, 1.54) is 82.1 Å². The first-order valence-electron chi connectivity index (χ1n) is 40.7. The Balaban J connectivity index is 1.20. The molecule has 1 aromatic heterocycles. The van der Waals surface area contributed by atoms with Crippen molar-refractivity contribution < 1.29 is 72.9 Å². The first-order valence-corrected chi connectivity index (χ1v) is 40.7. The summed E-state index contributed by atoms with van der Waals surface area (Å²) in [6.07, 6.45) is 16.5. The summed E-state index contributed by atoms with van der Waals surface area (Å²) in [5.74, 6) is -9.48. The van der Waals surface area contributed by atoms with Gasteiger partial charge in [-0.1, -0.05) is 164 Å². The Morgan fingerprint density at radius 2 is 1.19 bits per heavy atom. The summed E-state index contributed by atoms with van der Waals surface area (Å²) in [6, 6.07) is 8.66. The number of carbonyl (C=O) groups is 12. The van der Waals surface area contributed by atoms with Crippen LogP contribution in [0, 0.1) is 5.41 Å². The molecule has 0 aliphatic carbocycles. The van der Waals surface area contributed by atoms with Gasteiger partial charge in [0, 0.05) is 88.1 Å². The number of aromatic amines is 1. The minimum absolute atomic E-state index is 0.0226. The number of nitrogens with two attached hydrogens (primary N) is 2. The number of amides is 11. The van der Waals surface area contributed by atoms with Crippen LogP contribution in [-0.2, 0) is 76.8 Å². The summed E-state index contributed by atoms with van der Waals surface area (Å²) in [5, 5.41) is 70.9. The van der Waals surface area contributed by atoms with Crippen molar-refractivity contribution in [2.45, 2.75) is 273 Å². The third-order valence-corrected chi connectivity index (χ3v) is 20.5. The average molecular weight is 1570 g/mol. The van der Waals surface area contributed by atoms with Crippen LogP contribution in [0.15, 0.2) is 85.1 Å². The van der Waals surface area contributed by atoms with E-state index >= 15 is 14.4 Å². The topological polar surface area (TPSA) is 493 Å². The number of aliphatic hydroxyl groups excluding tert-OH is 2. The molecule has 20 N–H and O–H groups in total. The molecule has 2 fully saturated rings. The zero-order chi connectivity index (χ0) is 81.9. The number of benzene rings is 3. The highest BCUT2D eigenvalue weighted by molar-refractivity contribution is 5.99. The largest absolute Gasteiger partial charge is 0.508 e. The molecule has 0 radical (unpaired) electrons. The fourth-order valence-corrected chi connectivity index (χ4v) is 14.0. The molecule has 0 saturated carbocycles. The van der Waals surface area contributed by atoms with Gasteiger partial charge in [-0.05, 0) is 106 Å². The summed E-state index contributed by atoms with van der Waals surface area (Å²) in [6.45, 7) is 3.48. The van der Waals surface area contributed by atoms with Gasteiger partial charge in [-0.3, -0.25) is 62.9 Å². The SMILES string of the molecule is CCCCCCCCCCCCCCCC(=O)NCCC(=O)N[C@@H](Cc1ccc(O)cc1)C(=O)N[C@@H](CO)C(=O)N[C@@H](CCCC)C(=O)N[C@H]1CCC(=O)CCCNCCCC[C@@H](C(N)=O)NC(=O)[C@H](Cc2c[nH]c3ccccc23)NC(=O)[C@H](CCCNC(=N)N)NC(=O)[C@@H](Cc2ccccc2)NC(=O)[C@@H]2C[C@@H](O)CN2C1=O. The fraction of sp³-hybridized carbons (Fsp3) is 0.598. The second kappa shape index (κ2) is 50.9. The summed E-state index contributed by atoms with van der Waals surface area (Å²) in [5.41, 5.74) is 13.9. The summed E-state index contributed by atoms with van der Waals surface area (Å²) < 4.78 is 0.